The maximum absolute atomic E-state index is 12.0. The molecule has 0 radical (unpaired) electrons. The van der Waals surface area contributed by atoms with Crippen molar-refractivity contribution in [2.24, 2.45) is 0 Å². The van der Waals surface area contributed by atoms with E-state index in [-0.39, 0.29) is 5.56 Å². The van der Waals surface area contributed by atoms with Crippen LogP contribution in [0, 0.1) is 13.8 Å². The second-order valence-corrected chi connectivity index (χ2v) is 5.19. The highest BCUT2D eigenvalue weighted by molar-refractivity contribution is 9.10. The molecule has 0 bridgehead atoms. The van der Waals surface area contributed by atoms with Crippen LogP contribution in [0.5, 0.6) is 5.75 Å². The first-order chi connectivity index (χ1) is 9.01. The summed E-state index contributed by atoms with van der Waals surface area (Å²) in [5.74, 6) is 1.49. The van der Waals surface area contributed by atoms with E-state index in [9.17, 15) is 4.79 Å². The van der Waals surface area contributed by atoms with Crippen LogP contribution in [0.1, 0.15) is 17.1 Å². The highest BCUT2D eigenvalue weighted by Crippen LogP contribution is 2.25. The first-order valence-corrected chi connectivity index (χ1v) is 6.68. The fourth-order valence-electron chi connectivity index (χ4n) is 1.95. The molecule has 0 unspecified atom stereocenters. The van der Waals surface area contributed by atoms with Crippen LogP contribution in [0.2, 0.25) is 0 Å². The van der Waals surface area contributed by atoms with Crippen LogP contribution in [-0.4, -0.2) is 16.7 Å². The van der Waals surface area contributed by atoms with Crippen LogP contribution in [0.4, 0.5) is 0 Å². The van der Waals surface area contributed by atoms with Gasteiger partial charge in [-0.2, -0.15) is 0 Å². The van der Waals surface area contributed by atoms with E-state index in [1.807, 2.05) is 32.0 Å². The molecule has 1 heterocycles. The lowest BCUT2D eigenvalue weighted by molar-refractivity contribution is 0.412. The molecule has 0 saturated heterocycles. The maximum Gasteiger partial charge on any atom is 0.254 e. The highest BCUT2D eigenvalue weighted by atomic mass is 79.9. The van der Waals surface area contributed by atoms with Gasteiger partial charge in [0, 0.05) is 11.8 Å². The molecule has 0 spiro atoms. The van der Waals surface area contributed by atoms with E-state index in [1.54, 1.807) is 17.7 Å². The first kappa shape index (κ1) is 13.8. The number of benzene rings is 1. The standard InChI is InChI=1S/C14H15BrN2O2/c1-9-6-14(18)17(10(2)16-9)8-11-4-5-13(19-3)12(15)7-11/h4-7H,8H2,1-3H3. The average molecular weight is 323 g/mol. The molecule has 0 atom stereocenters. The van der Waals surface area contributed by atoms with Crippen LogP contribution in [0.3, 0.4) is 0 Å². The van der Waals surface area contributed by atoms with Crippen molar-refractivity contribution < 1.29 is 4.74 Å². The Morgan fingerprint density at radius 3 is 2.63 bits per heavy atom. The van der Waals surface area contributed by atoms with Gasteiger partial charge in [-0.15, -0.1) is 0 Å². The molecule has 2 aromatic rings. The monoisotopic (exact) mass is 322 g/mol. The van der Waals surface area contributed by atoms with E-state index >= 15 is 0 Å². The van der Waals surface area contributed by atoms with Crippen LogP contribution in [0.25, 0.3) is 0 Å². The maximum atomic E-state index is 12.0. The molecular formula is C14H15BrN2O2. The summed E-state index contributed by atoms with van der Waals surface area (Å²) in [6.07, 6.45) is 0. The van der Waals surface area contributed by atoms with Crippen molar-refractivity contribution in [1.29, 1.82) is 0 Å². The van der Waals surface area contributed by atoms with Crippen molar-refractivity contribution in [3.63, 3.8) is 0 Å². The van der Waals surface area contributed by atoms with Gasteiger partial charge < -0.3 is 4.74 Å². The Morgan fingerprint density at radius 1 is 1.32 bits per heavy atom. The molecule has 19 heavy (non-hydrogen) atoms. The fourth-order valence-corrected chi connectivity index (χ4v) is 2.54. The molecule has 1 aromatic carbocycles. The molecule has 0 amide bonds. The first-order valence-electron chi connectivity index (χ1n) is 5.89. The van der Waals surface area contributed by atoms with E-state index in [0.29, 0.717) is 6.54 Å². The summed E-state index contributed by atoms with van der Waals surface area (Å²) >= 11 is 3.44. The van der Waals surface area contributed by atoms with Crippen LogP contribution < -0.4 is 10.3 Å². The zero-order valence-electron chi connectivity index (χ0n) is 11.1. The fraction of sp³-hybridized carbons (Fsp3) is 0.286. The number of hydrogen-bond acceptors (Lipinski definition) is 3. The summed E-state index contributed by atoms with van der Waals surface area (Å²) in [5.41, 5.74) is 1.73. The largest absolute Gasteiger partial charge is 0.496 e. The Balaban J connectivity index is 2.37. The van der Waals surface area contributed by atoms with E-state index in [2.05, 4.69) is 20.9 Å². The number of halogens is 1. The summed E-state index contributed by atoms with van der Waals surface area (Å²) < 4.78 is 7.71. The zero-order chi connectivity index (χ0) is 14.0. The molecule has 0 saturated carbocycles. The zero-order valence-corrected chi connectivity index (χ0v) is 12.7. The van der Waals surface area contributed by atoms with Gasteiger partial charge in [-0.05, 0) is 47.5 Å². The quantitative estimate of drug-likeness (QED) is 0.872. The lowest BCUT2D eigenvalue weighted by Gasteiger charge is -2.11. The van der Waals surface area contributed by atoms with Gasteiger partial charge >= 0.3 is 0 Å². The highest BCUT2D eigenvalue weighted by Gasteiger charge is 2.06. The minimum atomic E-state index is -0.0306. The van der Waals surface area contributed by atoms with Gasteiger partial charge in [0.1, 0.15) is 11.6 Å². The Kier molecular flexibility index (Phi) is 4.04. The van der Waals surface area contributed by atoms with Gasteiger partial charge in [0.2, 0.25) is 0 Å². The SMILES string of the molecule is COc1ccc(Cn2c(C)nc(C)cc2=O)cc1Br. The predicted octanol–water partition coefficient (Wildman–Crippen LogP) is 2.68. The summed E-state index contributed by atoms with van der Waals surface area (Å²) in [6, 6.07) is 7.31. The number of rotatable bonds is 3. The molecule has 0 aliphatic heterocycles. The van der Waals surface area contributed by atoms with Crippen molar-refractivity contribution in [2.45, 2.75) is 20.4 Å². The minimum absolute atomic E-state index is 0.0306. The third-order valence-corrected chi connectivity index (χ3v) is 3.50. The van der Waals surface area contributed by atoms with E-state index < -0.39 is 0 Å². The lowest BCUT2D eigenvalue weighted by atomic mass is 10.2. The molecule has 2 rings (SSSR count). The lowest BCUT2D eigenvalue weighted by Crippen LogP contribution is -2.24. The number of aromatic nitrogens is 2. The summed E-state index contributed by atoms with van der Waals surface area (Å²) in [5, 5.41) is 0. The molecule has 4 nitrogen and oxygen atoms in total. The summed E-state index contributed by atoms with van der Waals surface area (Å²) in [4.78, 5) is 16.3. The predicted molar refractivity (Wildman–Crippen MR) is 77.8 cm³/mol. The molecule has 5 heteroatoms. The summed E-state index contributed by atoms with van der Waals surface area (Å²) in [7, 11) is 1.62. The van der Waals surface area contributed by atoms with Crippen molar-refractivity contribution in [3.05, 3.63) is 56.2 Å². The Labute approximate surface area is 120 Å². The van der Waals surface area contributed by atoms with Gasteiger partial charge in [0.15, 0.2) is 0 Å². The van der Waals surface area contributed by atoms with Crippen molar-refractivity contribution in [2.75, 3.05) is 7.11 Å². The smallest absolute Gasteiger partial charge is 0.254 e. The molecule has 100 valence electrons. The van der Waals surface area contributed by atoms with E-state index in [4.69, 9.17) is 4.74 Å². The van der Waals surface area contributed by atoms with Gasteiger partial charge in [0.05, 0.1) is 18.1 Å². The summed E-state index contributed by atoms with van der Waals surface area (Å²) in [6.45, 7) is 4.16. The third-order valence-electron chi connectivity index (χ3n) is 2.88. The van der Waals surface area contributed by atoms with E-state index in [1.165, 1.54) is 0 Å². The second-order valence-electron chi connectivity index (χ2n) is 4.34. The number of methoxy groups -OCH3 is 1. The molecule has 0 fully saturated rings. The van der Waals surface area contributed by atoms with Crippen molar-refractivity contribution in [1.82, 2.24) is 9.55 Å². The molecular weight excluding hydrogens is 308 g/mol. The molecule has 1 aromatic heterocycles. The van der Waals surface area contributed by atoms with Gasteiger partial charge in [-0.25, -0.2) is 4.98 Å². The average Bonchev–Trinajstić information content (AvgIpc) is 2.34. The number of nitrogens with zero attached hydrogens (tertiary/aromatic N) is 2. The Bertz CT molecular complexity index is 665. The molecule has 0 N–H and O–H groups in total. The second kappa shape index (κ2) is 5.57. The van der Waals surface area contributed by atoms with E-state index in [0.717, 1.165) is 27.3 Å². The van der Waals surface area contributed by atoms with Gasteiger partial charge in [-0.3, -0.25) is 9.36 Å². The minimum Gasteiger partial charge on any atom is -0.496 e. The topological polar surface area (TPSA) is 44.1 Å². The van der Waals surface area contributed by atoms with Crippen LogP contribution >= 0.6 is 15.9 Å². The number of aryl methyl sites for hydroxylation is 2. The number of hydrogen-bond donors (Lipinski definition) is 0. The van der Waals surface area contributed by atoms with Crippen LogP contribution in [0.15, 0.2) is 33.5 Å². The molecule has 0 aliphatic carbocycles. The van der Waals surface area contributed by atoms with Crippen LogP contribution in [-0.2, 0) is 6.54 Å². The van der Waals surface area contributed by atoms with Gasteiger partial charge in [-0.1, -0.05) is 6.07 Å². The normalized spacial score (nSPS) is 10.5. The Hall–Kier alpha value is -1.62. The molecule has 0 aliphatic rings. The Morgan fingerprint density at radius 2 is 2.05 bits per heavy atom. The van der Waals surface area contributed by atoms with Crippen molar-refractivity contribution >= 4 is 15.9 Å². The van der Waals surface area contributed by atoms with Gasteiger partial charge in [0.25, 0.3) is 5.56 Å². The third kappa shape index (κ3) is 3.04. The number of ether oxygens (including phenoxy) is 1. The van der Waals surface area contributed by atoms with Crippen molar-refractivity contribution in [3.8, 4) is 5.75 Å².